The molecule has 0 aliphatic carbocycles. The van der Waals surface area contributed by atoms with Crippen LogP contribution in [0.3, 0.4) is 0 Å². The first-order valence-corrected chi connectivity index (χ1v) is 21.2. The Morgan fingerprint density at radius 3 is 1.37 bits per heavy atom. The standard InChI is InChI=1S/C22H19.C21H17.2C2H5.2ClH.Si.Zr/c1-3-16-12-21-15(2)8-11-20(22(21)13-16)19-10-9-17-6-4-5-7-18(17)14-19;1-14-11-20-15(2)7-10-19(21(20)12-14)18-9-8-16-5-3-4-6-17(16)13-18;2*1-2;;;;/h4-14H,3H2,1-2H3;3-13H,1-2H3;2*1H2,2H3;2*1H;;/q4*-1;;;;. The van der Waals surface area contributed by atoms with Crippen LogP contribution in [-0.4, -0.2) is 6.88 Å². The first-order chi connectivity index (χ1) is 24.0. The minimum absolute atomic E-state index is 0. The Hall–Kier alpha value is -3.26. The van der Waals surface area contributed by atoms with Gasteiger partial charge in [-0.1, -0.05) is 124 Å². The van der Waals surface area contributed by atoms with Gasteiger partial charge in [-0.15, -0.1) is 92.9 Å². The third kappa shape index (κ3) is 10.00. The summed E-state index contributed by atoms with van der Waals surface area (Å²) in [5.74, 6) is 0. The Labute approximate surface area is 335 Å². The Morgan fingerprint density at radius 1 is 0.510 bits per heavy atom. The van der Waals surface area contributed by atoms with Crippen LogP contribution in [-0.2, 0) is 29.8 Å². The van der Waals surface area contributed by atoms with E-state index in [0.29, 0.717) is 0 Å². The Kier molecular flexibility index (Phi) is 18.3. The zero-order valence-corrected chi connectivity index (χ0v) is 35.7. The molecule has 0 atom stereocenters. The van der Waals surface area contributed by atoms with Gasteiger partial charge in [-0.2, -0.15) is 26.0 Å². The molecule has 0 fully saturated rings. The van der Waals surface area contributed by atoms with Crippen molar-refractivity contribution >= 4 is 74.8 Å². The van der Waals surface area contributed by atoms with Crippen molar-refractivity contribution in [2.24, 2.45) is 0 Å². The number of hydrogen-bond acceptors (Lipinski definition) is 0. The number of rotatable bonds is 3. The van der Waals surface area contributed by atoms with Gasteiger partial charge in [0, 0.05) is 0 Å². The monoisotopic (exact) mass is 800 g/mol. The molecule has 0 spiro atoms. The quantitative estimate of drug-likeness (QED) is 0.123. The van der Waals surface area contributed by atoms with Gasteiger partial charge in [0.1, 0.15) is 0 Å². The van der Waals surface area contributed by atoms with Crippen molar-refractivity contribution in [3.05, 3.63) is 170 Å². The fourth-order valence-corrected chi connectivity index (χ4v) is 6.52. The first kappa shape index (κ1) is 43.9. The molecule has 0 amide bonds. The normalized spacial score (nSPS) is 9.86. The Bertz CT molecular complexity index is 2290. The van der Waals surface area contributed by atoms with E-state index in [0.717, 1.165) is 6.42 Å². The van der Waals surface area contributed by atoms with Crippen molar-refractivity contribution in [2.75, 3.05) is 0 Å². The molecule has 0 saturated carbocycles. The summed E-state index contributed by atoms with van der Waals surface area (Å²) >= 11 is 1.36. The van der Waals surface area contributed by atoms with E-state index in [4.69, 9.17) is 0 Å². The van der Waals surface area contributed by atoms with Crippen LogP contribution in [0.1, 0.15) is 43.0 Å². The summed E-state index contributed by atoms with van der Waals surface area (Å²) in [7, 11) is 0. The zero-order chi connectivity index (χ0) is 35.5. The van der Waals surface area contributed by atoms with Crippen LogP contribution in [0.25, 0.3) is 65.3 Å². The van der Waals surface area contributed by atoms with Crippen LogP contribution in [0.5, 0.6) is 0 Å². The van der Waals surface area contributed by atoms with Gasteiger partial charge in [0.25, 0.3) is 0 Å². The summed E-state index contributed by atoms with van der Waals surface area (Å²) in [6.45, 7) is 21.8. The number of aryl methyl sites for hydroxylation is 4. The average molecular weight is 803 g/mol. The molecule has 2 radical (unpaired) electrons. The molecular weight excluding hydrogens is 755 g/mol. The van der Waals surface area contributed by atoms with Gasteiger partial charge in [-0.05, 0) is 51.2 Å². The summed E-state index contributed by atoms with van der Waals surface area (Å²) in [6.07, 6.45) is 1.09. The molecule has 0 heterocycles. The van der Waals surface area contributed by atoms with Crippen LogP contribution in [0.15, 0.2) is 133 Å². The molecule has 0 unspecified atom stereocenters. The second kappa shape index (κ2) is 21.3. The van der Waals surface area contributed by atoms with Crippen LogP contribution >= 0.6 is 24.8 Å². The van der Waals surface area contributed by atoms with Crippen LogP contribution < -0.4 is 0 Å². The molecule has 8 aromatic rings. The maximum atomic E-state index is 3.25. The fourth-order valence-electron chi connectivity index (χ4n) is 6.52. The molecule has 0 nitrogen and oxygen atoms in total. The topological polar surface area (TPSA) is 0 Å². The SMILES string of the molecule is CCc1cc2c(-c3ccc4ccccc4c3)ccc(C)c2[cH-]1.Cc1cc2c(-c3ccc4ccccc4c3)ccc(C)c2[cH-]1.Cl.Cl.[CH2-]C.[CH2-]C.[Si]=[Zr]. The van der Waals surface area contributed by atoms with Gasteiger partial charge in [-0.3, -0.25) is 0 Å². The average Bonchev–Trinajstić information content (AvgIpc) is 3.79. The van der Waals surface area contributed by atoms with E-state index in [1.807, 2.05) is 0 Å². The van der Waals surface area contributed by atoms with Gasteiger partial charge >= 0.3 is 30.2 Å². The van der Waals surface area contributed by atoms with Gasteiger partial charge in [0.05, 0.1) is 0 Å². The minimum atomic E-state index is 0. The zero-order valence-electron chi connectivity index (χ0n) is 30.6. The van der Waals surface area contributed by atoms with Gasteiger partial charge in [0.2, 0.25) is 0 Å². The number of benzene rings is 6. The van der Waals surface area contributed by atoms with Crippen molar-refractivity contribution in [3.8, 4) is 22.3 Å². The van der Waals surface area contributed by atoms with E-state index in [1.165, 1.54) is 111 Å². The Morgan fingerprint density at radius 2 is 0.922 bits per heavy atom. The number of fused-ring (bicyclic) bond motifs is 4. The predicted molar refractivity (Wildman–Crippen MR) is 231 cm³/mol. The van der Waals surface area contributed by atoms with Gasteiger partial charge in [-0.25, -0.2) is 0 Å². The molecule has 8 aromatic carbocycles. The number of hydrogen-bond donors (Lipinski definition) is 0. The molecule has 0 saturated heterocycles. The molecule has 0 bridgehead atoms. The molecule has 0 aromatic heterocycles. The summed E-state index contributed by atoms with van der Waals surface area (Å²) in [4.78, 5) is 0. The molecular formula is C47H48Cl2SiZr-4. The molecule has 0 aliphatic rings. The molecule has 8 rings (SSSR count). The molecule has 0 aliphatic heterocycles. The van der Waals surface area contributed by atoms with E-state index in [-0.39, 0.29) is 24.8 Å². The van der Waals surface area contributed by atoms with Crippen molar-refractivity contribution in [1.82, 2.24) is 0 Å². The van der Waals surface area contributed by atoms with E-state index >= 15 is 0 Å². The molecule has 51 heavy (non-hydrogen) atoms. The van der Waals surface area contributed by atoms with E-state index in [1.54, 1.807) is 13.8 Å². The van der Waals surface area contributed by atoms with Crippen LogP contribution in [0, 0.1) is 34.6 Å². The van der Waals surface area contributed by atoms with Crippen molar-refractivity contribution < 1.29 is 23.3 Å². The van der Waals surface area contributed by atoms with Crippen molar-refractivity contribution in [1.29, 1.82) is 0 Å². The molecule has 4 heteroatoms. The summed E-state index contributed by atoms with van der Waals surface area (Å²) in [6, 6.07) is 48.9. The Balaban J connectivity index is 0.000000299. The third-order valence-corrected chi connectivity index (χ3v) is 8.94. The van der Waals surface area contributed by atoms with Crippen molar-refractivity contribution in [2.45, 2.75) is 48.0 Å². The van der Waals surface area contributed by atoms with Gasteiger partial charge < -0.3 is 13.8 Å². The summed E-state index contributed by atoms with van der Waals surface area (Å²) in [5, 5.41) is 10.7. The molecule has 262 valence electrons. The van der Waals surface area contributed by atoms with E-state index in [2.05, 4.69) is 182 Å². The summed E-state index contributed by atoms with van der Waals surface area (Å²) < 4.78 is 0. The predicted octanol–water partition coefficient (Wildman–Crippen LogP) is 14.4. The fraction of sp³-hybridized carbons (Fsp3) is 0.149. The van der Waals surface area contributed by atoms with Gasteiger partial charge in [0.15, 0.2) is 0 Å². The van der Waals surface area contributed by atoms with E-state index in [9.17, 15) is 0 Å². The van der Waals surface area contributed by atoms with Crippen LogP contribution in [0.2, 0.25) is 0 Å². The second-order valence-electron chi connectivity index (χ2n) is 11.9. The van der Waals surface area contributed by atoms with Crippen LogP contribution in [0.4, 0.5) is 0 Å². The second-order valence-corrected chi connectivity index (χ2v) is 11.9. The van der Waals surface area contributed by atoms with E-state index < -0.39 is 0 Å². The third-order valence-electron chi connectivity index (χ3n) is 8.94. The summed E-state index contributed by atoms with van der Waals surface area (Å²) in [5.41, 5.74) is 10.7. The molecule has 0 N–H and O–H groups in total. The first-order valence-electron chi connectivity index (χ1n) is 17.0. The maximum absolute atomic E-state index is 3.25. The van der Waals surface area contributed by atoms with Crippen molar-refractivity contribution in [3.63, 3.8) is 0 Å². The number of halogens is 2.